The van der Waals surface area contributed by atoms with Gasteiger partial charge in [-0.15, -0.1) is 0 Å². The van der Waals surface area contributed by atoms with E-state index in [-0.39, 0.29) is 11.1 Å². The van der Waals surface area contributed by atoms with Crippen molar-refractivity contribution in [3.8, 4) is 6.07 Å². The van der Waals surface area contributed by atoms with E-state index in [0.29, 0.717) is 21.3 Å². The van der Waals surface area contributed by atoms with Gasteiger partial charge >= 0.3 is 0 Å². The number of nitriles is 1. The summed E-state index contributed by atoms with van der Waals surface area (Å²) < 4.78 is 0.616. The van der Waals surface area contributed by atoms with Gasteiger partial charge in [-0.1, -0.05) is 11.6 Å². The van der Waals surface area contributed by atoms with Gasteiger partial charge in [-0.05, 0) is 46.3 Å². The predicted octanol–water partition coefficient (Wildman–Crippen LogP) is 3.62. The van der Waals surface area contributed by atoms with Gasteiger partial charge in [-0.3, -0.25) is 4.79 Å². The Morgan fingerprint density at radius 2 is 2.21 bits per heavy atom. The van der Waals surface area contributed by atoms with Gasteiger partial charge in [0.25, 0.3) is 5.91 Å². The number of benzene rings is 1. The lowest BCUT2D eigenvalue weighted by Gasteiger charge is -2.07. The van der Waals surface area contributed by atoms with Gasteiger partial charge in [-0.2, -0.15) is 5.26 Å². The minimum absolute atomic E-state index is 0.146. The third-order valence-electron chi connectivity index (χ3n) is 2.35. The van der Waals surface area contributed by atoms with Crippen molar-refractivity contribution in [3.05, 3.63) is 57.3 Å². The van der Waals surface area contributed by atoms with Crippen LogP contribution in [0.15, 0.2) is 41.0 Å². The van der Waals surface area contributed by atoms with Crippen molar-refractivity contribution in [2.75, 3.05) is 5.32 Å². The predicted molar refractivity (Wildman–Crippen MR) is 76.1 cm³/mol. The monoisotopic (exact) mass is 335 g/mol. The quantitative estimate of drug-likeness (QED) is 0.852. The molecule has 0 unspecified atom stereocenters. The zero-order chi connectivity index (χ0) is 13.8. The number of halogens is 2. The Bertz CT molecular complexity index is 682. The topological polar surface area (TPSA) is 65.8 Å². The van der Waals surface area contributed by atoms with E-state index < -0.39 is 0 Å². The average molecular weight is 337 g/mol. The van der Waals surface area contributed by atoms with Crippen LogP contribution in [0.5, 0.6) is 0 Å². The smallest absolute Gasteiger partial charge is 0.258 e. The maximum Gasteiger partial charge on any atom is 0.258 e. The summed E-state index contributed by atoms with van der Waals surface area (Å²) >= 11 is 9.10. The van der Waals surface area contributed by atoms with E-state index in [1.807, 2.05) is 6.07 Å². The number of anilines is 1. The molecule has 0 spiro atoms. The number of carbonyl (C=O) groups excluding carboxylic acids is 1. The summed E-state index contributed by atoms with van der Waals surface area (Å²) in [4.78, 5) is 15.8. The van der Waals surface area contributed by atoms with E-state index in [0.717, 1.165) is 0 Å². The third kappa shape index (κ3) is 3.11. The summed E-state index contributed by atoms with van der Waals surface area (Å²) in [7, 11) is 0. The molecule has 1 N–H and O–H groups in total. The largest absolute Gasteiger partial charge is 0.322 e. The molecular weight excluding hydrogens is 330 g/mol. The lowest BCUT2D eigenvalue weighted by molar-refractivity contribution is 0.102. The molecule has 4 nitrogen and oxygen atoms in total. The molecule has 0 saturated carbocycles. The molecule has 1 heterocycles. The van der Waals surface area contributed by atoms with Gasteiger partial charge < -0.3 is 5.32 Å². The standard InChI is InChI=1S/C13H7BrClN3O/c14-11-6-9(4-3-8(11)7-16)18-13(19)10-2-1-5-17-12(10)15/h1-6H,(H,18,19). The normalized spacial score (nSPS) is 9.74. The Kier molecular flexibility index (Phi) is 4.15. The Hall–Kier alpha value is -1.90. The number of hydrogen-bond donors (Lipinski definition) is 1. The first-order valence-corrected chi connectivity index (χ1v) is 6.40. The van der Waals surface area contributed by atoms with Crippen LogP contribution in [0.3, 0.4) is 0 Å². The molecule has 1 amide bonds. The van der Waals surface area contributed by atoms with Crippen LogP contribution in [0, 0.1) is 11.3 Å². The molecule has 6 heteroatoms. The van der Waals surface area contributed by atoms with E-state index in [1.165, 1.54) is 6.20 Å². The third-order valence-corrected chi connectivity index (χ3v) is 3.31. The van der Waals surface area contributed by atoms with Crippen molar-refractivity contribution >= 4 is 39.1 Å². The van der Waals surface area contributed by atoms with Crippen molar-refractivity contribution in [2.45, 2.75) is 0 Å². The lowest BCUT2D eigenvalue weighted by atomic mass is 10.2. The lowest BCUT2D eigenvalue weighted by Crippen LogP contribution is -2.12. The maximum atomic E-state index is 12.0. The zero-order valence-corrected chi connectivity index (χ0v) is 11.9. The van der Waals surface area contributed by atoms with Gasteiger partial charge in [0.05, 0.1) is 11.1 Å². The molecule has 0 bridgehead atoms. The van der Waals surface area contributed by atoms with Crippen molar-refractivity contribution in [1.29, 1.82) is 5.26 Å². The van der Waals surface area contributed by atoms with Crippen molar-refractivity contribution in [2.24, 2.45) is 0 Å². The maximum absolute atomic E-state index is 12.0. The Morgan fingerprint density at radius 1 is 1.42 bits per heavy atom. The number of carbonyl (C=O) groups is 1. The number of hydrogen-bond acceptors (Lipinski definition) is 3. The molecule has 2 rings (SSSR count). The fourth-order valence-corrected chi connectivity index (χ4v) is 2.11. The summed E-state index contributed by atoms with van der Waals surface area (Å²) in [6, 6.07) is 10.2. The van der Waals surface area contributed by atoms with Crippen LogP contribution in [-0.2, 0) is 0 Å². The molecule has 0 fully saturated rings. The summed E-state index contributed by atoms with van der Waals surface area (Å²) in [6.45, 7) is 0. The Morgan fingerprint density at radius 3 is 2.84 bits per heavy atom. The molecule has 94 valence electrons. The first-order chi connectivity index (χ1) is 9.11. The van der Waals surface area contributed by atoms with E-state index in [4.69, 9.17) is 16.9 Å². The van der Waals surface area contributed by atoms with Crippen LogP contribution in [0.25, 0.3) is 0 Å². The van der Waals surface area contributed by atoms with Gasteiger partial charge in [0.15, 0.2) is 0 Å². The first kappa shape index (κ1) is 13.5. The van der Waals surface area contributed by atoms with E-state index in [9.17, 15) is 4.79 Å². The summed E-state index contributed by atoms with van der Waals surface area (Å²) in [5, 5.41) is 11.6. The van der Waals surface area contributed by atoms with Gasteiger partial charge in [0, 0.05) is 16.4 Å². The number of rotatable bonds is 2. The molecule has 0 saturated heterocycles. The second-order valence-electron chi connectivity index (χ2n) is 3.60. The zero-order valence-electron chi connectivity index (χ0n) is 9.52. The number of nitrogens with zero attached hydrogens (tertiary/aromatic N) is 2. The molecule has 19 heavy (non-hydrogen) atoms. The Labute approximate surface area is 123 Å². The molecule has 0 aliphatic heterocycles. The molecular formula is C13H7BrClN3O. The highest BCUT2D eigenvalue weighted by Crippen LogP contribution is 2.22. The Balaban J connectivity index is 2.23. The SMILES string of the molecule is N#Cc1ccc(NC(=O)c2cccnc2Cl)cc1Br. The molecule has 1 aromatic heterocycles. The van der Waals surface area contributed by atoms with Crippen LogP contribution in [0.2, 0.25) is 5.15 Å². The highest BCUT2D eigenvalue weighted by molar-refractivity contribution is 9.10. The summed E-state index contributed by atoms with van der Waals surface area (Å²) in [5.41, 5.74) is 1.36. The number of aromatic nitrogens is 1. The average Bonchev–Trinajstić information content (AvgIpc) is 2.39. The fraction of sp³-hybridized carbons (Fsp3) is 0. The van der Waals surface area contributed by atoms with E-state index in [2.05, 4.69) is 26.2 Å². The second kappa shape index (κ2) is 5.83. The minimum atomic E-state index is -0.352. The van der Waals surface area contributed by atoms with Crippen LogP contribution in [-0.4, -0.2) is 10.9 Å². The molecule has 0 atom stereocenters. The van der Waals surface area contributed by atoms with Crippen LogP contribution in [0.1, 0.15) is 15.9 Å². The first-order valence-electron chi connectivity index (χ1n) is 5.23. The van der Waals surface area contributed by atoms with E-state index in [1.54, 1.807) is 30.3 Å². The molecule has 1 aromatic carbocycles. The minimum Gasteiger partial charge on any atom is -0.322 e. The summed E-state index contributed by atoms with van der Waals surface area (Å²) in [5.74, 6) is -0.352. The van der Waals surface area contributed by atoms with Gasteiger partial charge in [0.1, 0.15) is 11.2 Å². The van der Waals surface area contributed by atoms with Gasteiger partial charge in [0.2, 0.25) is 0 Å². The number of nitrogens with one attached hydrogen (secondary N) is 1. The van der Waals surface area contributed by atoms with Gasteiger partial charge in [-0.25, -0.2) is 4.98 Å². The van der Waals surface area contributed by atoms with Crippen LogP contribution >= 0.6 is 27.5 Å². The van der Waals surface area contributed by atoms with Crippen LogP contribution in [0.4, 0.5) is 5.69 Å². The highest BCUT2D eigenvalue weighted by atomic mass is 79.9. The van der Waals surface area contributed by atoms with Crippen molar-refractivity contribution in [3.63, 3.8) is 0 Å². The molecule has 2 aromatic rings. The molecule has 0 aliphatic carbocycles. The van der Waals surface area contributed by atoms with E-state index >= 15 is 0 Å². The number of amides is 1. The fourth-order valence-electron chi connectivity index (χ4n) is 1.44. The van der Waals surface area contributed by atoms with Crippen molar-refractivity contribution in [1.82, 2.24) is 4.98 Å². The van der Waals surface area contributed by atoms with Crippen molar-refractivity contribution < 1.29 is 4.79 Å². The number of pyridine rings is 1. The highest BCUT2D eigenvalue weighted by Gasteiger charge is 2.11. The van der Waals surface area contributed by atoms with Crippen LogP contribution < -0.4 is 5.32 Å². The summed E-state index contributed by atoms with van der Waals surface area (Å²) in [6.07, 6.45) is 1.51. The molecule has 0 aliphatic rings. The second-order valence-corrected chi connectivity index (χ2v) is 4.81. The molecule has 0 radical (unpaired) electrons.